The Kier molecular flexibility index (Phi) is 7.98. The summed E-state index contributed by atoms with van der Waals surface area (Å²) < 4.78 is 37.1. The van der Waals surface area contributed by atoms with Gasteiger partial charge in [-0.15, -0.1) is 0 Å². The maximum Gasteiger partial charge on any atom is 0.339 e. The number of thioether (sulfide) groups is 1. The number of carbonyl (C=O) groups excluding carboxylic acids is 2. The van der Waals surface area contributed by atoms with Gasteiger partial charge in [0.25, 0.3) is 11.1 Å². The maximum absolute atomic E-state index is 12.9. The average Bonchev–Trinajstić information content (AvgIpc) is 3.09. The van der Waals surface area contributed by atoms with Crippen molar-refractivity contribution in [2.45, 2.75) is 18.4 Å². The van der Waals surface area contributed by atoms with Crippen LogP contribution in [0.15, 0.2) is 70.5 Å². The number of aryl methyl sites for hydroxylation is 1. The normalized spacial score (nSPS) is 15.0. The van der Waals surface area contributed by atoms with Gasteiger partial charge in [-0.05, 0) is 94.9 Å². The molecule has 1 aliphatic heterocycles. The summed E-state index contributed by atoms with van der Waals surface area (Å²) in [5, 5.41) is -0.415. The van der Waals surface area contributed by atoms with Crippen molar-refractivity contribution in [3.8, 4) is 11.5 Å². The molecule has 1 saturated heterocycles. The van der Waals surface area contributed by atoms with Crippen molar-refractivity contribution in [3.05, 3.63) is 90.9 Å². The Hall–Kier alpha value is -2.54. The molecule has 1 fully saturated rings. The third-order valence-corrected chi connectivity index (χ3v) is 8.32. The summed E-state index contributed by atoms with van der Waals surface area (Å²) in [6.45, 7) is 2.00. The fourth-order valence-electron chi connectivity index (χ4n) is 3.33. The van der Waals surface area contributed by atoms with E-state index in [2.05, 4.69) is 22.6 Å². The van der Waals surface area contributed by atoms with Crippen LogP contribution in [-0.2, 0) is 21.5 Å². The zero-order valence-electron chi connectivity index (χ0n) is 19.0. The molecule has 0 spiro atoms. The van der Waals surface area contributed by atoms with E-state index in [1.54, 1.807) is 12.1 Å². The van der Waals surface area contributed by atoms with Crippen molar-refractivity contribution in [3.63, 3.8) is 0 Å². The van der Waals surface area contributed by atoms with Crippen LogP contribution >= 0.6 is 46.0 Å². The number of rotatable bonds is 7. The molecule has 0 atom stereocenters. The van der Waals surface area contributed by atoms with Gasteiger partial charge in [-0.1, -0.05) is 41.4 Å². The second-order valence-electron chi connectivity index (χ2n) is 7.78. The minimum absolute atomic E-state index is 0.0305. The summed E-state index contributed by atoms with van der Waals surface area (Å²) in [4.78, 5) is 26.8. The van der Waals surface area contributed by atoms with Crippen molar-refractivity contribution in [1.29, 1.82) is 0 Å². The quantitative estimate of drug-likeness (QED) is 0.169. The molecule has 1 aliphatic rings. The second-order valence-corrected chi connectivity index (χ2v) is 12.0. The Morgan fingerprint density at radius 2 is 1.72 bits per heavy atom. The minimum atomic E-state index is -4.17. The van der Waals surface area contributed by atoms with Crippen LogP contribution in [0, 0.1) is 10.5 Å². The molecule has 4 rings (SSSR count). The molecule has 3 aromatic carbocycles. The van der Waals surface area contributed by atoms with Crippen molar-refractivity contribution in [2.24, 2.45) is 0 Å². The van der Waals surface area contributed by atoms with Gasteiger partial charge in [0, 0.05) is 3.57 Å². The van der Waals surface area contributed by atoms with Gasteiger partial charge in [0.15, 0.2) is 5.75 Å². The van der Waals surface area contributed by atoms with E-state index in [1.165, 1.54) is 42.4 Å². The topological polar surface area (TPSA) is 90.0 Å². The largest absolute Gasteiger partial charge is 0.493 e. The van der Waals surface area contributed by atoms with E-state index in [1.807, 2.05) is 31.2 Å². The van der Waals surface area contributed by atoms with E-state index in [9.17, 15) is 18.0 Å². The minimum Gasteiger partial charge on any atom is -0.493 e. The lowest BCUT2D eigenvalue weighted by molar-refractivity contribution is -0.123. The molecule has 1 heterocycles. The SMILES string of the molecule is COc1cc(/C=C2\SC(=O)N(Cc3ccc(I)cc3)C2=O)cc(Cl)c1OS(=O)(=O)c1ccc(C)cc1. The first kappa shape index (κ1) is 26.5. The van der Waals surface area contributed by atoms with Gasteiger partial charge >= 0.3 is 10.1 Å². The zero-order valence-corrected chi connectivity index (χ0v) is 23.6. The number of halogens is 2. The first-order valence-electron chi connectivity index (χ1n) is 10.5. The lowest BCUT2D eigenvalue weighted by Gasteiger charge is -2.14. The van der Waals surface area contributed by atoms with Crippen LogP contribution in [0.25, 0.3) is 6.08 Å². The summed E-state index contributed by atoms with van der Waals surface area (Å²) in [7, 11) is -2.82. The number of nitrogens with zero attached hydrogens (tertiary/aromatic N) is 1. The average molecular weight is 656 g/mol. The summed E-state index contributed by atoms with van der Waals surface area (Å²) in [6, 6.07) is 16.6. The predicted octanol–water partition coefficient (Wildman–Crippen LogP) is 6.27. The van der Waals surface area contributed by atoms with Gasteiger partial charge in [-0.2, -0.15) is 8.42 Å². The van der Waals surface area contributed by atoms with Crippen LogP contribution in [0.1, 0.15) is 16.7 Å². The molecular formula is C25H19ClINO6S2. The summed E-state index contributed by atoms with van der Waals surface area (Å²) in [5.41, 5.74) is 2.17. The van der Waals surface area contributed by atoms with Gasteiger partial charge in [-0.3, -0.25) is 14.5 Å². The number of hydrogen-bond acceptors (Lipinski definition) is 7. The molecule has 11 heteroatoms. The van der Waals surface area contributed by atoms with Crippen LogP contribution in [0.3, 0.4) is 0 Å². The zero-order chi connectivity index (χ0) is 26.0. The molecule has 0 unspecified atom stereocenters. The molecule has 0 N–H and O–H groups in total. The molecule has 0 aliphatic carbocycles. The smallest absolute Gasteiger partial charge is 0.339 e. The van der Waals surface area contributed by atoms with E-state index in [-0.39, 0.29) is 38.1 Å². The first-order valence-corrected chi connectivity index (χ1v) is 14.1. The van der Waals surface area contributed by atoms with E-state index in [4.69, 9.17) is 20.5 Å². The van der Waals surface area contributed by atoms with Gasteiger partial charge in [0.05, 0.1) is 23.6 Å². The Labute approximate surface area is 231 Å². The third kappa shape index (κ3) is 5.88. The summed E-state index contributed by atoms with van der Waals surface area (Å²) in [5.74, 6) is -0.549. The van der Waals surface area contributed by atoms with Crippen molar-refractivity contribution in [1.82, 2.24) is 4.90 Å². The van der Waals surface area contributed by atoms with Crippen LogP contribution in [0.2, 0.25) is 5.02 Å². The molecule has 36 heavy (non-hydrogen) atoms. The number of amides is 2. The number of ether oxygens (including phenoxy) is 1. The highest BCUT2D eigenvalue weighted by Gasteiger charge is 2.35. The highest BCUT2D eigenvalue weighted by atomic mass is 127. The maximum atomic E-state index is 12.9. The first-order chi connectivity index (χ1) is 17.1. The summed E-state index contributed by atoms with van der Waals surface area (Å²) in [6.07, 6.45) is 1.51. The van der Waals surface area contributed by atoms with Crippen molar-refractivity contribution < 1.29 is 26.9 Å². The number of methoxy groups -OCH3 is 1. The fourth-order valence-corrected chi connectivity index (χ4v) is 5.79. The molecular weight excluding hydrogens is 637 g/mol. The number of carbonyl (C=O) groups is 2. The van der Waals surface area contributed by atoms with Crippen LogP contribution < -0.4 is 8.92 Å². The second kappa shape index (κ2) is 10.8. The highest BCUT2D eigenvalue weighted by Crippen LogP contribution is 2.40. The van der Waals surface area contributed by atoms with Crippen LogP contribution in [-0.4, -0.2) is 31.6 Å². The molecule has 186 valence electrons. The van der Waals surface area contributed by atoms with Gasteiger partial charge < -0.3 is 8.92 Å². The highest BCUT2D eigenvalue weighted by molar-refractivity contribution is 14.1. The lowest BCUT2D eigenvalue weighted by atomic mass is 10.1. The van der Waals surface area contributed by atoms with E-state index in [0.29, 0.717) is 5.56 Å². The van der Waals surface area contributed by atoms with Crippen LogP contribution in [0.4, 0.5) is 4.79 Å². The van der Waals surface area contributed by atoms with E-state index < -0.39 is 16.0 Å². The Bertz CT molecular complexity index is 1470. The third-order valence-electron chi connectivity index (χ3n) is 5.18. The molecule has 2 amide bonds. The predicted molar refractivity (Wildman–Crippen MR) is 148 cm³/mol. The fraction of sp³-hybridized carbons (Fsp3) is 0.120. The Morgan fingerprint density at radius 3 is 2.36 bits per heavy atom. The van der Waals surface area contributed by atoms with E-state index >= 15 is 0 Å². The standard InChI is InChI=1S/C25H19ClINO6S2/c1-15-3-9-19(10-4-15)36(31,32)34-23-20(26)11-17(12-21(23)33-2)13-22-24(29)28(25(30)35-22)14-16-5-7-18(27)8-6-16/h3-13H,14H2,1-2H3/b22-13-. The van der Waals surface area contributed by atoms with E-state index in [0.717, 1.165) is 26.5 Å². The Balaban J connectivity index is 1.59. The van der Waals surface area contributed by atoms with Crippen molar-refractivity contribution >= 4 is 73.3 Å². The Morgan fingerprint density at radius 1 is 1.06 bits per heavy atom. The molecule has 0 saturated carbocycles. The van der Waals surface area contributed by atoms with Crippen molar-refractivity contribution in [2.75, 3.05) is 7.11 Å². The molecule has 3 aromatic rings. The molecule has 0 bridgehead atoms. The van der Waals surface area contributed by atoms with Gasteiger partial charge in [0.2, 0.25) is 5.75 Å². The molecule has 7 nitrogen and oxygen atoms in total. The lowest BCUT2D eigenvalue weighted by Crippen LogP contribution is -2.27. The molecule has 0 radical (unpaired) electrons. The number of imide groups is 1. The molecule has 0 aromatic heterocycles. The van der Waals surface area contributed by atoms with Crippen LogP contribution in [0.5, 0.6) is 11.5 Å². The van der Waals surface area contributed by atoms with Gasteiger partial charge in [-0.25, -0.2) is 0 Å². The van der Waals surface area contributed by atoms with Gasteiger partial charge in [0.1, 0.15) is 4.90 Å². The monoisotopic (exact) mass is 655 g/mol. The number of benzene rings is 3. The summed E-state index contributed by atoms with van der Waals surface area (Å²) >= 11 is 9.36. The number of hydrogen-bond donors (Lipinski definition) is 0.